The number of hydrogen-bond donors (Lipinski definition) is 1. The average Bonchev–Trinajstić information content (AvgIpc) is 3.09. The van der Waals surface area contributed by atoms with Crippen molar-refractivity contribution in [3.05, 3.63) is 24.2 Å². The summed E-state index contributed by atoms with van der Waals surface area (Å²) in [6.07, 6.45) is 3.87. The molecule has 1 saturated heterocycles. The summed E-state index contributed by atoms with van der Waals surface area (Å²) in [6, 6.07) is 3.83. The van der Waals surface area contributed by atoms with Crippen LogP contribution >= 0.6 is 12.4 Å². The molecular formula is C12H15ClN4O2. The molecule has 0 bridgehead atoms. The van der Waals surface area contributed by atoms with E-state index < -0.39 is 0 Å². The molecule has 3 rings (SSSR count). The largest absolute Gasteiger partial charge is 0.481 e. The number of pyridine rings is 1. The highest BCUT2D eigenvalue weighted by Gasteiger charge is 2.22. The zero-order valence-electron chi connectivity index (χ0n) is 10.5. The third kappa shape index (κ3) is 2.85. The minimum atomic E-state index is 0. The van der Waals surface area contributed by atoms with E-state index in [-0.39, 0.29) is 18.4 Å². The number of methoxy groups -OCH3 is 1. The third-order valence-corrected chi connectivity index (χ3v) is 3.00. The van der Waals surface area contributed by atoms with Crippen LogP contribution in [0.1, 0.15) is 24.8 Å². The van der Waals surface area contributed by atoms with Gasteiger partial charge in [-0.15, -0.1) is 12.4 Å². The van der Waals surface area contributed by atoms with E-state index in [9.17, 15) is 0 Å². The molecule has 0 spiro atoms. The van der Waals surface area contributed by atoms with E-state index in [0.29, 0.717) is 17.6 Å². The second-order valence-corrected chi connectivity index (χ2v) is 4.19. The highest BCUT2D eigenvalue weighted by molar-refractivity contribution is 5.85. The van der Waals surface area contributed by atoms with Gasteiger partial charge in [0.25, 0.3) is 0 Å². The maximum absolute atomic E-state index is 5.28. The van der Waals surface area contributed by atoms with Gasteiger partial charge in [-0.25, -0.2) is 4.98 Å². The van der Waals surface area contributed by atoms with Crippen molar-refractivity contribution in [2.75, 3.05) is 13.7 Å². The van der Waals surface area contributed by atoms with Gasteiger partial charge >= 0.3 is 0 Å². The first kappa shape index (κ1) is 13.8. The number of ether oxygens (including phenoxy) is 1. The SMILES string of the molecule is COc1ccc(-c2noc([C@@H]3CCCN3)n2)cn1.Cl. The molecule has 1 aliphatic heterocycles. The van der Waals surface area contributed by atoms with Gasteiger partial charge in [-0.1, -0.05) is 5.16 Å². The minimum absolute atomic E-state index is 0. The predicted molar refractivity (Wildman–Crippen MR) is 71.3 cm³/mol. The fourth-order valence-corrected chi connectivity index (χ4v) is 2.02. The average molecular weight is 283 g/mol. The highest BCUT2D eigenvalue weighted by Crippen LogP contribution is 2.24. The Kier molecular flexibility index (Phi) is 4.34. The van der Waals surface area contributed by atoms with E-state index >= 15 is 0 Å². The molecule has 6 nitrogen and oxygen atoms in total. The first-order valence-corrected chi connectivity index (χ1v) is 5.94. The van der Waals surface area contributed by atoms with E-state index in [4.69, 9.17) is 9.26 Å². The van der Waals surface area contributed by atoms with Crippen LogP contribution in [0.2, 0.25) is 0 Å². The number of halogens is 1. The van der Waals surface area contributed by atoms with Crippen LogP contribution in [-0.4, -0.2) is 28.8 Å². The van der Waals surface area contributed by atoms with Gasteiger partial charge in [0.05, 0.1) is 13.2 Å². The van der Waals surface area contributed by atoms with Crippen LogP contribution < -0.4 is 10.1 Å². The molecule has 3 heterocycles. The summed E-state index contributed by atoms with van der Waals surface area (Å²) in [5.74, 6) is 1.78. The first-order valence-electron chi connectivity index (χ1n) is 5.94. The Labute approximate surface area is 117 Å². The Balaban J connectivity index is 0.00000133. The number of nitrogens with zero attached hydrogens (tertiary/aromatic N) is 3. The lowest BCUT2D eigenvalue weighted by molar-refractivity contribution is 0.345. The molecule has 1 atom stereocenters. The van der Waals surface area contributed by atoms with Gasteiger partial charge in [-0.2, -0.15) is 4.98 Å². The zero-order chi connectivity index (χ0) is 12.4. The molecule has 1 fully saturated rings. The lowest BCUT2D eigenvalue weighted by Crippen LogP contribution is -2.12. The summed E-state index contributed by atoms with van der Waals surface area (Å²) >= 11 is 0. The fourth-order valence-electron chi connectivity index (χ4n) is 2.02. The Morgan fingerprint density at radius 1 is 1.42 bits per heavy atom. The van der Waals surface area contributed by atoms with Crippen molar-refractivity contribution in [1.82, 2.24) is 20.4 Å². The van der Waals surface area contributed by atoms with Crippen molar-refractivity contribution in [3.63, 3.8) is 0 Å². The first-order chi connectivity index (χ1) is 8.86. The molecule has 0 aromatic carbocycles. The molecule has 2 aromatic rings. The fraction of sp³-hybridized carbons (Fsp3) is 0.417. The van der Waals surface area contributed by atoms with Crippen molar-refractivity contribution >= 4 is 12.4 Å². The monoisotopic (exact) mass is 282 g/mol. The normalized spacial score (nSPS) is 18.1. The van der Waals surface area contributed by atoms with Crippen LogP contribution in [0.25, 0.3) is 11.4 Å². The molecule has 0 unspecified atom stereocenters. The summed E-state index contributed by atoms with van der Waals surface area (Å²) < 4.78 is 10.3. The van der Waals surface area contributed by atoms with E-state index in [1.807, 2.05) is 6.07 Å². The van der Waals surface area contributed by atoms with Crippen molar-refractivity contribution in [1.29, 1.82) is 0 Å². The zero-order valence-corrected chi connectivity index (χ0v) is 11.3. The van der Waals surface area contributed by atoms with Crippen molar-refractivity contribution in [2.24, 2.45) is 0 Å². The molecule has 1 N–H and O–H groups in total. The third-order valence-electron chi connectivity index (χ3n) is 3.00. The number of hydrogen-bond acceptors (Lipinski definition) is 6. The molecule has 1 aliphatic rings. The Hall–Kier alpha value is -1.66. The summed E-state index contributed by atoms with van der Waals surface area (Å²) in [5, 5.41) is 7.30. The number of rotatable bonds is 3. The molecule has 0 saturated carbocycles. The van der Waals surface area contributed by atoms with E-state index in [1.54, 1.807) is 19.4 Å². The predicted octanol–water partition coefficient (Wildman–Crippen LogP) is 1.99. The van der Waals surface area contributed by atoms with Crippen LogP contribution in [-0.2, 0) is 0 Å². The summed E-state index contributed by atoms with van der Waals surface area (Å²) in [5.41, 5.74) is 0.823. The topological polar surface area (TPSA) is 73.1 Å². The molecule has 19 heavy (non-hydrogen) atoms. The number of aromatic nitrogens is 3. The maximum Gasteiger partial charge on any atom is 0.244 e. The standard InChI is InChI=1S/C12H14N4O2.ClH/c1-17-10-5-4-8(7-14-10)11-15-12(18-16-11)9-3-2-6-13-9;/h4-5,7,9,13H,2-3,6H2,1H3;1H/t9-;/m0./s1. The van der Waals surface area contributed by atoms with Gasteiger partial charge in [-0.05, 0) is 25.5 Å². The van der Waals surface area contributed by atoms with Gasteiger partial charge in [0.1, 0.15) is 0 Å². The van der Waals surface area contributed by atoms with E-state index in [2.05, 4.69) is 20.4 Å². The van der Waals surface area contributed by atoms with E-state index in [0.717, 1.165) is 24.9 Å². The van der Waals surface area contributed by atoms with E-state index in [1.165, 1.54) is 0 Å². The highest BCUT2D eigenvalue weighted by atomic mass is 35.5. The number of nitrogens with one attached hydrogen (secondary N) is 1. The maximum atomic E-state index is 5.28. The minimum Gasteiger partial charge on any atom is -0.481 e. The molecular weight excluding hydrogens is 268 g/mol. The summed E-state index contributed by atoms with van der Waals surface area (Å²) in [7, 11) is 1.58. The van der Waals surface area contributed by atoms with Crippen molar-refractivity contribution in [3.8, 4) is 17.3 Å². The van der Waals surface area contributed by atoms with Gasteiger partial charge in [0.2, 0.25) is 17.6 Å². The van der Waals surface area contributed by atoms with Crippen LogP contribution in [0, 0.1) is 0 Å². The summed E-state index contributed by atoms with van der Waals surface area (Å²) in [4.78, 5) is 8.52. The quantitative estimate of drug-likeness (QED) is 0.928. The van der Waals surface area contributed by atoms with Crippen LogP contribution in [0.5, 0.6) is 5.88 Å². The lowest BCUT2D eigenvalue weighted by atomic mass is 10.2. The van der Waals surface area contributed by atoms with Gasteiger partial charge < -0.3 is 14.6 Å². The van der Waals surface area contributed by atoms with Crippen LogP contribution in [0.4, 0.5) is 0 Å². The van der Waals surface area contributed by atoms with Crippen molar-refractivity contribution < 1.29 is 9.26 Å². The lowest BCUT2D eigenvalue weighted by Gasteiger charge is -2.01. The summed E-state index contributed by atoms with van der Waals surface area (Å²) in [6.45, 7) is 1.01. The smallest absolute Gasteiger partial charge is 0.244 e. The molecule has 0 amide bonds. The molecule has 0 aliphatic carbocycles. The molecule has 7 heteroatoms. The second-order valence-electron chi connectivity index (χ2n) is 4.19. The Morgan fingerprint density at radius 2 is 2.32 bits per heavy atom. The molecule has 102 valence electrons. The second kappa shape index (κ2) is 5.99. The van der Waals surface area contributed by atoms with Crippen LogP contribution in [0.15, 0.2) is 22.9 Å². The van der Waals surface area contributed by atoms with Gasteiger partial charge in [-0.3, -0.25) is 0 Å². The van der Waals surface area contributed by atoms with Gasteiger partial charge in [0.15, 0.2) is 0 Å². The van der Waals surface area contributed by atoms with Crippen LogP contribution in [0.3, 0.4) is 0 Å². The van der Waals surface area contributed by atoms with Gasteiger partial charge in [0, 0.05) is 17.8 Å². The Bertz CT molecular complexity index is 523. The molecule has 0 radical (unpaired) electrons. The Morgan fingerprint density at radius 3 is 2.95 bits per heavy atom. The molecule has 2 aromatic heterocycles. The van der Waals surface area contributed by atoms with Crippen molar-refractivity contribution in [2.45, 2.75) is 18.9 Å².